The maximum absolute atomic E-state index is 14.2. The van der Waals surface area contributed by atoms with Crippen LogP contribution >= 0.6 is 34.8 Å². The summed E-state index contributed by atoms with van der Waals surface area (Å²) in [5.74, 6) is -0.667. The van der Waals surface area contributed by atoms with Crippen LogP contribution in [0.15, 0.2) is 71.6 Å². The van der Waals surface area contributed by atoms with Crippen molar-refractivity contribution in [1.82, 2.24) is 9.21 Å². The summed E-state index contributed by atoms with van der Waals surface area (Å²) < 4.78 is 42.3. The lowest BCUT2D eigenvalue weighted by atomic mass is 10.2. The highest BCUT2D eigenvalue weighted by atomic mass is 35.5. The van der Waals surface area contributed by atoms with Crippen LogP contribution in [0.3, 0.4) is 0 Å². The van der Waals surface area contributed by atoms with Crippen molar-refractivity contribution in [2.45, 2.75) is 11.4 Å². The normalized spacial score (nSPS) is 14.4. The van der Waals surface area contributed by atoms with Gasteiger partial charge < -0.3 is 9.80 Å². The topological polar surface area (TPSA) is 60.9 Å². The number of amides is 1. The summed E-state index contributed by atoms with van der Waals surface area (Å²) >= 11 is 18.1. The molecule has 1 aliphatic rings. The van der Waals surface area contributed by atoms with Gasteiger partial charge in [0.1, 0.15) is 5.82 Å². The van der Waals surface area contributed by atoms with Crippen LogP contribution in [0, 0.1) is 5.82 Å². The molecule has 0 unspecified atom stereocenters. The van der Waals surface area contributed by atoms with Crippen molar-refractivity contribution in [3.63, 3.8) is 0 Å². The van der Waals surface area contributed by atoms with Gasteiger partial charge in [-0.15, -0.1) is 0 Å². The van der Waals surface area contributed by atoms with Crippen LogP contribution < -0.4 is 4.90 Å². The fraction of sp³-hybridized carbons (Fsp3) is 0.240. The van der Waals surface area contributed by atoms with E-state index < -0.39 is 10.0 Å². The molecule has 0 bridgehead atoms. The Bertz CT molecular complexity index is 1350. The van der Waals surface area contributed by atoms with Gasteiger partial charge >= 0.3 is 0 Å². The highest BCUT2D eigenvalue weighted by Crippen LogP contribution is 2.26. The van der Waals surface area contributed by atoms with Gasteiger partial charge in [0.15, 0.2) is 0 Å². The summed E-state index contributed by atoms with van der Waals surface area (Å²) in [7, 11) is -4.04. The molecule has 1 amide bonds. The molecular formula is C25H23Cl3FN3O3S. The van der Waals surface area contributed by atoms with Crippen LogP contribution in [-0.4, -0.2) is 56.3 Å². The molecular weight excluding hydrogens is 548 g/mol. The molecule has 1 saturated heterocycles. The van der Waals surface area contributed by atoms with Gasteiger partial charge in [-0.05, 0) is 54.1 Å². The van der Waals surface area contributed by atoms with Crippen molar-refractivity contribution >= 4 is 56.4 Å². The van der Waals surface area contributed by atoms with Crippen molar-refractivity contribution in [3.8, 4) is 0 Å². The number of piperazine rings is 1. The summed E-state index contributed by atoms with van der Waals surface area (Å²) in [6.45, 7) is 1.10. The Morgan fingerprint density at radius 2 is 1.56 bits per heavy atom. The van der Waals surface area contributed by atoms with Gasteiger partial charge in [0.2, 0.25) is 15.9 Å². The van der Waals surface area contributed by atoms with Gasteiger partial charge in [-0.2, -0.15) is 4.31 Å². The van der Waals surface area contributed by atoms with E-state index in [0.29, 0.717) is 47.5 Å². The number of nitrogens with zero attached hydrogens (tertiary/aromatic N) is 3. The molecule has 1 heterocycles. The molecule has 1 aliphatic heterocycles. The molecule has 0 saturated carbocycles. The lowest BCUT2D eigenvalue weighted by Gasteiger charge is -2.37. The quantitative estimate of drug-likeness (QED) is 0.386. The van der Waals surface area contributed by atoms with E-state index in [2.05, 4.69) is 0 Å². The molecule has 0 atom stereocenters. The minimum atomic E-state index is -4.04. The third kappa shape index (κ3) is 6.12. The Kier molecular flexibility index (Phi) is 8.42. The number of hydrogen-bond donors (Lipinski definition) is 0. The fourth-order valence-corrected chi connectivity index (χ4v) is 5.80. The van der Waals surface area contributed by atoms with Crippen LogP contribution in [0.4, 0.5) is 10.1 Å². The van der Waals surface area contributed by atoms with Crippen LogP contribution in [-0.2, 0) is 21.4 Å². The zero-order valence-electron chi connectivity index (χ0n) is 19.1. The average Bonchev–Trinajstić information content (AvgIpc) is 2.86. The second kappa shape index (κ2) is 11.4. The smallest absolute Gasteiger partial charge is 0.243 e. The minimum absolute atomic E-state index is 0.0177. The number of carbonyl (C=O) groups is 1. The largest absolute Gasteiger partial charge is 0.366 e. The third-order valence-electron chi connectivity index (χ3n) is 5.93. The second-order valence-corrected chi connectivity index (χ2v) is 11.5. The number of hydrogen-bond acceptors (Lipinski definition) is 4. The third-order valence-corrected chi connectivity index (χ3v) is 8.73. The summed E-state index contributed by atoms with van der Waals surface area (Å²) in [6.07, 6.45) is 0. The second-order valence-electron chi connectivity index (χ2n) is 8.29. The van der Waals surface area contributed by atoms with Crippen molar-refractivity contribution in [2.75, 3.05) is 37.6 Å². The van der Waals surface area contributed by atoms with E-state index in [1.807, 2.05) is 4.90 Å². The van der Waals surface area contributed by atoms with E-state index in [-0.39, 0.29) is 34.7 Å². The average molecular weight is 571 g/mol. The van der Waals surface area contributed by atoms with Crippen LogP contribution in [0.25, 0.3) is 0 Å². The Morgan fingerprint density at radius 3 is 2.19 bits per heavy atom. The molecule has 0 radical (unpaired) electrons. The molecule has 36 heavy (non-hydrogen) atoms. The number of rotatable bonds is 7. The maximum Gasteiger partial charge on any atom is 0.243 e. The summed E-state index contributed by atoms with van der Waals surface area (Å²) in [5.41, 5.74) is 1.07. The van der Waals surface area contributed by atoms with E-state index in [9.17, 15) is 17.6 Å². The molecule has 0 aromatic heterocycles. The van der Waals surface area contributed by atoms with Gasteiger partial charge in [-0.1, -0.05) is 53.0 Å². The molecule has 190 valence electrons. The van der Waals surface area contributed by atoms with Crippen LogP contribution in [0.1, 0.15) is 5.56 Å². The summed E-state index contributed by atoms with van der Waals surface area (Å²) in [6, 6.07) is 17.1. The zero-order valence-corrected chi connectivity index (χ0v) is 22.2. The molecule has 4 rings (SSSR count). The molecule has 1 fully saturated rings. The van der Waals surface area contributed by atoms with E-state index >= 15 is 0 Å². The number of sulfonamides is 1. The predicted molar refractivity (Wildman–Crippen MR) is 141 cm³/mol. The standard InChI is InChI=1S/C25H23Cl3FN3O3S/c26-19-6-8-20(9-7-19)36(34,35)32(16-18-5-10-21(27)22(28)15-18)17-25(33)31-13-11-30(12-14-31)24-4-2-1-3-23(24)29/h1-10,15H,11-14,16-17H2. The van der Waals surface area contributed by atoms with E-state index in [0.717, 1.165) is 4.31 Å². The predicted octanol–water partition coefficient (Wildman–Crippen LogP) is 5.33. The van der Waals surface area contributed by atoms with Crippen molar-refractivity contribution < 1.29 is 17.6 Å². The molecule has 0 spiro atoms. The molecule has 0 aliphatic carbocycles. The number of anilines is 1. The van der Waals surface area contributed by atoms with Crippen molar-refractivity contribution in [2.24, 2.45) is 0 Å². The molecule has 3 aromatic rings. The molecule has 3 aromatic carbocycles. The van der Waals surface area contributed by atoms with Gasteiger partial charge in [0.05, 0.1) is 27.2 Å². The summed E-state index contributed by atoms with van der Waals surface area (Å²) in [5, 5.41) is 1.03. The number of benzene rings is 3. The first-order valence-electron chi connectivity index (χ1n) is 11.1. The van der Waals surface area contributed by atoms with Crippen LogP contribution in [0.5, 0.6) is 0 Å². The first-order valence-corrected chi connectivity index (χ1v) is 13.7. The Balaban J connectivity index is 1.52. The SMILES string of the molecule is O=C(CN(Cc1ccc(Cl)c(Cl)c1)S(=O)(=O)c1ccc(Cl)cc1)N1CCN(c2ccccc2F)CC1. The maximum atomic E-state index is 14.2. The van der Waals surface area contributed by atoms with Gasteiger partial charge in [-0.25, -0.2) is 12.8 Å². The fourth-order valence-electron chi connectivity index (χ4n) is 3.98. The highest BCUT2D eigenvalue weighted by molar-refractivity contribution is 7.89. The van der Waals surface area contributed by atoms with Gasteiger partial charge in [0, 0.05) is 37.7 Å². The molecule has 0 N–H and O–H groups in total. The minimum Gasteiger partial charge on any atom is -0.366 e. The van der Waals surface area contributed by atoms with Crippen molar-refractivity contribution in [1.29, 1.82) is 0 Å². The van der Waals surface area contributed by atoms with E-state index in [1.165, 1.54) is 30.3 Å². The molecule has 11 heteroatoms. The Hall–Kier alpha value is -2.36. The van der Waals surface area contributed by atoms with Crippen LogP contribution in [0.2, 0.25) is 15.1 Å². The van der Waals surface area contributed by atoms with E-state index in [1.54, 1.807) is 41.3 Å². The highest BCUT2D eigenvalue weighted by Gasteiger charge is 2.30. The Morgan fingerprint density at radius 1 is 0.889 bits per heavy atom. The number of para-hydroxylation sites is 1. The van der Waals surface area contributed by atoms with Gasteiger partial charge in [-0.3, -0.25) is 4.79 Å². The zero-order chi connectivity index (χ0) is 25.9. The monoisotopic (exact) mass is 569 g/mol. The lowest BCUT2D eigenvalue weighted by Crippen LogP contribution is -2.52. The lowest BCUT2D eigenvalue weighted by molar-refractivity contribution is -0.131. The van der Waals surface area contributed by atoms with E-state index in [4.69, 9.17) is 34.8 Å². The molecule has 6 nitrogen and oxygen atoms in total. The number of halogens is 4. The summed E-state index contributed by atoms with van der Waals surface area (Å²) in [4.78, 5) is 16.7. The first-order chi connectivity index (χ1) is 17.1. The Labute approximate surface area is 224 Å². The number of carbonyl (C=O) groups excluding carboxylic acids is 1. The first kappa shape index (κ1) is 26.7. The van der Waals surface area contributed by atoms with Gasteiger partial charge in [0.25, 0.3) is 0 Å². The van der Waals surface area contributed by atoms with Crippen molar-refractivity contribution in [3.05, 3.63) is 93.2 Å².